The van der Waals surface area contributed by atoms with Gasteiger partial charge in [-0.25, -0.2) is 9.18 Å². The monoisotopic (exact) mass is 485 g/mol. The molecule has 0 bridgehead atoms. The van der Waals surface area contributed by atoms with Crippen LogP contribution >= 0.6 is 0 Å². The number of hydrogen-bond acceptors (Lipinski definition) is 5. The van der Waals surface area contributed by atoms with Crippen LogP contribution in [-0.4, -0.2) is 35.3 Å². The number of benzene rings is 3. The lowest BCUT2D eigenvalue weighted by Crippen LogP contribution is -2.30. The van der Waals surface area contributed by atoms with Crippen molar-refractivity contribution in [1.29, 1.82) is 0 Å². The molecule has 8 heteroatoms. The minimum Gasteiger partial charge on any atom is -0.494 e. The van der Waals surface area contributed by atoms with Gasteiger partial charge in [0, 0.05) is 22.4 Å². The Kier molecular flexibility index (Phi) is 6.25. The van der Waals surface area contributed by atoms with Gasteiger partial charge >= 0.3 is 5.97 Å². The fourth-order valence-corrected chi connectivity index (χ4v) is 4.47. The zero-order valence-corrected chi connectivity index (χ0v) is 19.8. The summed E-state index contributed by atoms with van der Waals surface area (Å²) in [5.74, 6) is -0.505. The maximum Gasteiger partial charge on any atom is 0.338 e. The molecular weight excluding hydrogens is 461 g/mol. The molecule has 0 fully saturated rings. The molecule has 3 aromatic carbocycles. The zero-order chi connectivity index (χ0) is 25.2. The highest BCUT2D eigenvalue weighted by Gasteiger charge is 2.44. The third-order valence-electron chi connectivity index (χ3n) is 6.06. The van der Waals surface area contributed by atoms with Crippen molar-refractivity contribution < 1.29 is 23.5 Å². The summed E-state index contributed by atoms with van der Waals surface area (Å²) in [4.78, 5) is 27.2. The molecule has 1 amide bonds. The molecule has 0 unspecified atom stereocenters. The van der Waals surface area contributed by atoms with Crippen molar-refractivity contribution in [3.05, 3.63) is 101 Å². The molecule has 5 rings (SSSR count). The molecule has 0 saturated carbocycles. The van der Waals surface area contributed by atoms with Crippen molar-refractivity contribution in [2.24, 2.45) is 0 Å². The lowest BCUT2D eigenvalue weighted by molar-refractivity contribution is 0.0526. The minimum absolute atomic E-state index is 0.260. The van der Waals surface area contributed by atoms with Gasteiger partial charge in [-0.3, -0.25) is 14.8 Å². The standard InChI is InChI=1S/C28H24FN3O4/c1-3-35-20-15-11-17(12-16-20)24-23-25(31-30-24)27(33)32(26(23)21-7-5-6-8-22(21)29)19-13-9-18(10-14-19)28(34)36-4-2/h5-16,26H,3-4H2,1-2H3,(H,30,31)/t26-/m0/s1. The van der Waals surface area contributed by atoms with E-state index in [1.807, 2.05) is 31.2 Å². The van der Waals surface area contributed by atoms with Crippen LogP contribution < -0.4 is 9.64 Å². The van der Waals surface area contributed by atoms with Crippen LogP contribution in [0.15, 0.2) is 72.8 Å². The van der Waals surface area contributed by atoms with E-state index in [9.17, 15) is 9.59 Å². The fraction of sp³-hybridized carbons (Fsp3) is 0.179. The molecule has 2 heterocycles. The number of carbonyl (C=O) groups is 2. The summed E-state index contributed by atoms with van der Waals surface area (Å²) in [7, 11) is 0. The summed E-state index contributed by atoms with van der Waals surface area (Å²) >= 11 is 0. The second-order valence-electron chi connectivity index (χ2n) is 8.18. The van der Waals surface area contributed by atoms with Gasteiger partial charge in [-0.1, -0.05) is 18.2 Å². The van der Waals surface area contributed by atoms with Crippen molar-refractivity contribution in [2.45, 2.75) is 19.9 Å². The van der Waals surface area contributed by atoms with E-state index in [-0.39, 0.29) is 12.5 Å². The molecule has 7 nitrogen and oxygen atoms in total. The van der Waals surface area contributed by atoms with E-state index in [2.05, 4.69) is 10.2 Å². The number of amides is 1. The minimum atomic E-state index is -0.762. The third kappa shape index (κ3) is 4.00. The molecule has 36 heavy (non-hydrogen) atoms. The number of aromatic amines is 1. The lowest BCUT2D eigenvalue weighted by Gasteiger charge is -2.27. The third-order valence-corrected chi connectivity index (χ3v) is 6.06. The van der Waals surface area contributed by atoms with E-state index in [1.165, 1.54) is 11.0 Å². The van der Waals surface area contributed by atoms with E-state index in [0.29, 0.717) is 40.4 Å². The molecule has 0 spiro atoms. The smallest absolute Gasteiger partial charge is 0.338 e. The average Bonchev–Trinajstić information content (AvgIpc) is 3.44. The number of nitrogens with zero attached hydrogens (tertiary/aromatic N) is 2. The van der Waals surface area contributed by atoms with Crippen LogP contribution in [-0.2, 0) is 4.74 Å². The van der Waals surface area contributed by atoms with Gasteiger partial charge in [-0.2, -0.15) is 5.10 Å². The Hall–Kier alpha value is -4.46. The first-order valence-electron chi connectivity index (χ1n) is 11.7. The highest BCUT2D eigenvalue weighted by atomic mass is 19.1. The Morgan fingerprint density at radius 1 is 1.00 bits per heavy atom. The highest BCUT2D eigenvalue weighted by molar-refractivity contribution is 6.12. The summed E-state index contributed by atoms with van der Waals surface area (Å²) in [5.41, 5.74) is 3.43. The molecule has 0 radical (unpaired) electrons. The van der Waals surface area contributed by atoms with Gasteiger partial charge in [0.1, 0.15) is 17.3 Å². The van der Waals surface area contributed by atoms with Crippen LogP contribution in [0.1, 0.15) is 51.9 Å². The summed E-state index contributed by atoms with van der Waals surface area (Å²) in [6.07, 6.45) is 0. The molecular formula is C28H24FN3O4. The molecule has 1 N–H and O–H groups in total. The molecule has 0 saturated heterocycles. The summed E-state index contributed by atoms with van der Waals surface area (Å²) in [6, 6.07) is 19.5. The highest BCUT2D eigenvalue weighted by Crippen LogP contribution is 2.45. The number of aromatic nitrogens is 2. The van der Waals surface area contributed by atoms with E-state index in [0.717, 1.165) is 11.3 Å². The Morgan fingerprint density at radius 3 is 2.39 bits per heavy atom. The molecule has 1 atom stereocenters. The first-order valence-corrected chi connectivity index (χ1v) is 11.7. The maximum absolute atomic E-state index is 15.1. The molecule has 1 aliphatic rings. The van der Waals surface area contributed by atoms with Gasteiger partial charge in [0.05, 0.1) is 30.5 Å². The summed E-state index contributed by atoms with van der Waals surface area (Å²) < 4.78 is 25.7. The Labute approximate surface area is 207 Å². The SMILES string of the molecule is CCOC(=O)c1ccc(N2C(=O)c3[nH]nc(-c4ccc(OCC)cc4)c3[C@@H]2c2ccccc2F)cc1. The first-order chi connectivity index (χ1) is 17.5. The largest absolute Gasteiger partial charge is 0.494 e. The number of esters is 1. The van der Waals surface area contributed by atoms with Crippen LogP contribution in [0, 0.1) is 5.82 Å². The van der Waals surface area contributed by atoms with Gasteiger partial charge in [-0.15, -0.1) is 0 Å². The predicted octanol–water partition coefficient (Wildman–Crippen LogP) is 5.54. The Balaban J connectivity index is 1.61. The molecule has 0 aliphatic carbocycles. The number of hydrogen-bond donors (Lipinski definition) is 1. The topological polar surface area (TPSA) is 84.5 Å². The molecule has 1 aromatic heterocycles. The second kappa shape index (κ2) is 9.65. The van der Waals surface area contributed by atoms with Crippen LogP contribution in [0.4, 0.5) is 10.1 Å². The van der Waals surface area contributed by atoms with E-state index in [4.69, 9.17) is 9.47 Å². The number of ether oxygens (including phenoxy) is 2. The number of H-pyrrole nitrogens is 1. The first kappa shape index (κ1) is 23.3. The van der Waals surface area contributed by atoms with E-state index < -0.39 is 17.8 Å². The van der Waals surface area contributed by atoms with E-state index in [1.54, 1.807) is 49.4 Å². The van der Waals surface area contributed by atoms with Crippen LogP contribution in [0.25, 0.3) is 11.3 Å². The molecule has 182 valence electrons. The normalized spacial score (nSPS) is 14.6. The van der Waals surface area contributed by atoms with Gasteiger partial charge < -0.3 is 9.47 Å². The van der Waals surface area contributed by atoms with Crippen LogP contribution in [0.2, 0.25) is 0 Å². The predicted molar refractivity (Wildman–Crippen MR) is 133 cm³/mol. The van der Waals surface area contributed by atoms with Crippen molar-refractivity contribution in [3.8, 4) is 17.0 Å². The maximum atomic E-state index is 15.1. The Morgan fingerprint density at radius 2 is 1.72 bits per heavy atom. The molecule has 1 aliphatic heterocycles. The van der Waals surface area contributed by atoms with Gasteiger partial charge in [0.2, 0.25) is 0 Å². The lowest BCUT2D eigenvalue weighted by atomic mass is 9.95. The number of fused-ring (bicyclic) bond motifs is 1. The molecule has 4 aromatic rings. The van der Waals surface area contributed by atoms with Gasteiger partial charge in [-0.05, 0) is 68.4 Å². The van der Waals surface area contributed by atoms with Crippen LogP contribution in [0.3, 0.4) is 0 Å². The number of nitrogens with one attached hydrogen (secondary N) is 1. The quantitative estimate of drug-likeness (QED) is 0.348. The summed E-state index contributed by atoms with van der Waals surface area (Å²) in [6.45, 7) is 4.45. The number of halogens is 1. The van der Waals surface area contributed by atoms with Gasteiger partial charge in [0.15, 0.2) is 0 Å². The summed E-state index contributed by atoms with van der Waals surface area (Å²) in [5, 5.41) is 7.30. The Bertz CT molecular complexity index is 1410. The van der Waals surface area contributed by atoms with Crippen molar-refractivity contribution in [1.82, 2.24) is 10.2 Å². The number of anilines is 1. The average molecular weight is 486 g/mol. The number of carbonyl (C=O) groups excluding carboxylic acids is 2. The van der Waals surface area contributed by atoms with Crippen molar-refractivity contribution in [3.63, 3.8) is 0 Å². The fourth-order valence-electron chi connectivity index (χ4n) is 4.47. The van der Waals surface area contributed by atoms with Crippen molar-refractivity contribution in [2.75, 3.05) is 18.1 Å². The number of rotatable bonds is 7. The van der Waals surface area contributed by atoms with E-state index >= 15 is 4.39 Å². The van der Waals surface area contributed by atoms with Gasteiger partial charge in [0.25, 0.3) is 5.91 Å². The second-order valence-corrected chi connectivity index (χ2v) is 8.18. The van der Waals surface area contributed by atoms with Crippen molar-refractivity contribution >= 4 is 17.6 Å². The zero-order valence-electron chi connectivity index (χ0n) is 19.8. The van der Waals surface area contributed by atoms with Crippen LogP contribution in [0.5, 0.6) is 5.75 Å².